The smallest absolute Gasteiger partial charge is 0.190 e. The molecule has 0 bridgehead atoms. The first-order valence-corrected chi connectivity index (χ1v) is 18.0. The van der Waals surface area contributed by atoms with Crippen LogP contribution < -0.4 is 21.0 Å². The van der Waals surface area contributed by atoms with E-state index >= 15 is 0 Å². The fraction of sp³-hybridized carbons (Fsp3) is 0.275. The molecule has 1 aliphatic rings. The van der Waals surface area contributed by atoms with E-state index in [0.717, 1.165) is 38.3 Å². The first-order chi connectivity index (χ1) is 21.9. The van der Waals surface area contributed by atoms with Gasteiger partial charge in [-0.15, -0.1) is 0 Å². The van der Waals surface area contributed by atoms with E-state index in [0.29, 0.717) is 35.1 Å². The second kappa shape index (κ2) is 15.2. The molecule has 5 heteroatoms. The monoisotopic (exact) mass is 616 g/mol. The number of carbonyl (C=O) groups excluding carboxylic acids is 3. The lowest BCUT2D eigenvalue weighted by atomic mass is 9.76. The van der Waals surface area contributed by atoms with E-state index < -0.39 is 13.2 Å². The maximum absolute atomic E-state index is 13.5. The molecule has 4 aromatic carbocycles. The number of unbranched alkanes of at least 4 members (excludes halogenated alkanes) is 4. The minimum absolute atomic E-state index is 0.130. The lowest BCUT2D eigenvalue weighted by molar-refractivity contribution is -0.305. The summed E-state index contributed by atoms with van der Waals surface area (Å²) in [5.41, 5.74) is 1.79. The molecule has 0 aliphatic heterocycles. The molecular weight excluding hydrogens is 575 g/mol. The van der Waals surface area contributed by atoms with E-state index in [1.165, 1.54) is 15.9 Å². The summed E-state index contributed by atoms with van der Waals surface area (Å²) in [4.78, 5) is 38.0. The average molecular weight is 617 g/mol. The maximum atomic E-state index is 13.5. The van der Waals surface area contributed by atoms with Crippen molar-refractivity contribution in [2.75, 3.05) is 6.16 Å². The van der Waals surface area contributed by atoms with Crippen LogP contribution in [0.2, 0.25) is 0 Å². The summed E-state index contributed by atoms with van der Waals surface area (Å²) in [6.45, 7) is 1.71. The van der Waals surface area contributed by atoms with Crippen molar-refractivity contribution >= 4 is 40.7 Å². The molecule has 4 aromatic rings. The Hall–Kier alpha value is -4.14. The molecule has 0 saturated carbocycles. The van der Waals surface area contributed by atoms with Crippen molar-refractivity contribution in [2.45, 2.75) is 58.3 Å². The third kappa shape index (κ3) is 7.24. The highest BCUT2D eigenvalue weighted by atomic mass is 31.2. The van der Waals surface area contributed by atoms with Gasteiger partial charge in [0.1, 0.15) is 23.2 Å². The van der Waals surface area contributed by atoms with Crippen LogP contribution in [0, 0.1) is 5.92 Å². The third-order valence-electron chi connectivity index (χ3n) is 9.15. The van der Waals surface area contributed by atoms with Crippen LogP contribution >= 0.6 is 7.26 Å². The Bertz CT molecular complexity index is 1550. The van der Waals surface area contributed by atoms with Gasteiger partial charge < -0.3 is 9.90 Å². The zero-order valence-corrected chi connectivity index (χ0v) is 26.9. The zero-order valence-electron chi connectivity index (χ0n) is 26.0. The molecule has 0 radical (unpaired) electrons. The maximum Gasteiger partial charge on any atom is 0.190 e. The van der Waals surface area contributed by atoms with Crippen molar-refractivity contribution in [3.63, 3.8) is 0 Å². The first-order valence-electron chi connectivity index (χ1n) is 16.1. The number of aliphatic carboxylic acids is 1. The molecule has 230 valence electrons. The van der Waals surface area contributed by atoms with Crippen LogP contribution in [-0.2, 0) is 4.79 Å². The number of hydrogen-bond acceptors (Lipinski definition) is 4. The highest BCUT2D eigenvalue weighted by Gasteiger charge is 2.44. The highest BCUT2D eigenvalue weighted by Crippen LogP contribution is 2.56. The summed E-state index contributed by atoms with van der Waals surface area (Å²) in [6.07, 6.45) is 7.02. The predicted octanol–water partition coefficient (Wildman–Crippen LogP) is 6.86. The van der Waals surface area contributed by atoms with Crippen LogP contribution in [0.5, 0.6) is 0 Å². The fourth-order valence-corrected chi connectivity index (χ4v) is 11.3. The van der Waals surface area contributed by atoms with Gasteiger partial charge in [0.15, 0.2) is 11.6 Å². The molecule has 0 N–H and O–H groups in total. The third-order valence-corrected chi connectivity index (χ3v) is 13.7. The standard InChI is InChI=1S/C40H41O4P/c1-30-38(40(44)36-26-16-15-25-35(36)39(30)43)31(27-28-37(41)42)18-8-3-2-4-17-29-45(32-19-9-5-10-20-32,33-21-11-6-12-22-33)34-23-13-7-14-24-34/h5-7,9-16,19-26,31H,2-4,8,17-18,27-29H2,1H3. The topological polar surface area (TPSA) is 74.3 Å². The molecule has 0 fully saturated rings. The van der Waals surface area contributed by atoms with Gasteiger partial charge in [0, 0.05) is 28.2 Å². The minimum atomic E-state index is -1.85. The van der Waals surface area contributed by atoms with Gasteiger partial charge in [-0.25, -0.2) is 0 Å². The molecule has 1 aliphatic carbocycles. The number of carbonyl (C=O) groups is 3. The predicted molar refractivity (Wildman–Crippen MR) is 183 cm³/mol. The van der Waals surface area contributed by atoms with Crippen LogP contribution in [-0.4, -0.2) is 23.7 Å². The van der Waals surface area contributed by atoms with Gasteiger partial charge in [-0.3, -0.25) is 9.59 Å². The molecule has 0 spiro atoms. The molecule has 5 rings (SSSR count). The molecule has 45 heavy (non-hydrogen) atoms. The lowest BCUT2D eigenvalue weighted by Gasteiger charge is -2.28. The Labute approximate surface area is 267 Å². The van der Waals surface area contributed by atoms with Crippen molar-refractivity contribution in [3.8, 4) is 0 Å². The van der Waals surface area contributed by atoms with Crippen molar-refractivity contribution in [1.82, 2.24) is 0 Å². The summed E-state index contributed by atoms with van der Waals surface area (Å²) < 4.78 is 0. The molecule has 0 heterocycles. The van der Waals surface area contributed by atoms with Crippen LogP contribution in [0.15, 0.2) is 126 Å². The van der Waals surface area contributed by atoms with Gasteiger partial charge in [-0.05, 0) is 81.3 Å². The quantitative estimate of drug-likeness (QED) is 0.108. The lowest BCUT2D eigenvalue weighted by Crippen LogP contribution is -2.33. The second-order valence-corrected chi connectivity index (χ2v) is 15.6. The Balaban J connectivity index is 1.25. The minimum Gasteiger partial charge on any atom is -0.550 e. The van der Waals surface area contributed by atoms with Gasteiger partial charge in [0.05, 0.1) is 6.16 Å². The summed E-state index contributed by atoms with van der Waals surface area (Å²) in [6, 6.07) is 39.8. The van der Waals surface area contributed by atoms with Gasteiger partial charge in [0.2, 0.25) is 0 Å². The first kappa shape index (κ1) is 32.3. The Morgan fingerprint density at radius 2 is 1.04 bits per heavy atom. The molecule has 1 atom stereocenters. The Morgan fingerprint density at radius 1 is 0.600 bits per heavy atom. The normalized spacial score (nSPS) is 13.9. The number of benzene rings is 4. The van der Waals surface area contributed by atoms with Crippen molar-refractivity contribution < 1.29 is 19.5 Å². The van der Waals surface area contributed by atoms with Gasteiger partial charge in [-0.1, -0.05) is 98.1 Å². The van der Waals surface area contributed by atoms with E-state index in [2.05, 4.69) is 91.0 Å². The van der Waals surface area contributed by atoms with Gasteiger partial charge in [-0.2, -0.15) is 0 Å². The van der Waals surface area contributed by atoms with E-state index in [1.807, 2.05) is 0 Å². The number of carboxylic acid groups (broad SMARTS) is 1. The van der Waals surface area contributed by atoms with E-state index in [9.17, 15) is 19.5 Å². The number of Topliss-reactive ketones (excluding diaryl/α,β-unsaturated/α-hetero) is 2. The van der Waals surface area contributed by atoms with Crippen molar-refractivity contribution in [2.24, 2.45) is 5.92 Å². The fourth-order valence-electron chi connectivity index (χ4n) is 6.89. The van der Waals surface area contributed by atoms with Crippen LogP contribution in [0.1, 0.15) is 79.0 Å². The summed E-state index contributed by atoms with van der Waals surface area (Å²) in [7, 11) is -1.85. The average Bonchev–Trinajstić information content (AvgIpc) is 3.08. The molecule has 0 aromatic heterocycles. The second-order valence-electron chi connectivity index (χ2n) is 11.9. The van der Waals surface area contributed by atoms with E-state index in [1.54, 1.807) is 31.2 Å². The van der Waals surface area contributed by atoms with Crippen molar-refractivity contribution in [3.05, 3.63) is 138 Å². The Kier molecular flexibility index (Phi) is 10.9. The molecule has 1 unspecified atom stereocenters. The molecule has 0 amide bonds. The number of hydrogen-bond donors (Lipinski definition) is 0. The summed E-state index contributed by atoms with van der Waals surface area (Å²) in [5, 5.41) is 15.6. The number of rotatable bonds is 15. The number of fused-ring (bicyclic) bond motifs is 1. The van der Waals surface area contributed by atoms with Crippen LogP contribution in [0.4, 0.5) is 0 Å². The van der Waals surface area contributed by atoms with Crippen molar-refractivity contribution in [1.29, 1.82) is 0 Å². The number of carboxylic acids is 1. The zero-order chi connectivity index (χ0) is 31.6. The number of allylic oxidation sites excluding steroid dienone is 2. The molecular formula is C40H41O4P. The number of ketones is 2. The largest absolute Gasteiger partial charge is 0.550 e. The molecule has 0 saturated heterocycles. The van der Waals surface area contributed by atoms with E-state index in [4.69, 9.17) is 0 Å². The van der Waals surface area contributed by atoms with Gasteiger partial charge >= 0.3 is 0 Å². The van der Waals surface area contributed by atoms with Crippen LogP contribution in [0.3, 0.4) is 0 Å². The summed E-state index contributed by atoms with van der Waals surface area (Å²) in [5.74, 6) is -1.69. The molecule has 4 nitrogen and oxygen atoms in total. The SMILES string of the molecule is CC1=C(C(CCCCCCC[P+](c2ccccc2)(c2ccccc2)c2ccccc2)CCC(=O)[O-])C(=O)c2ccccc2C1=O. The van der Waals surface area contributed by atoms with Crippen LogP contribution in [0.25, 0.3) is 0 Å². The Morgan fingerprint density at radius 3 is 1.56 bits per heavy atom. The van der Waals surface area contributed by atoms with E-state index in [-0.39, 0.29) is 23.9 Å². The van der Waals surface area contributed by atoms with Gasteiger partial charge in [0.25, 0.3) is 0 Å². The highest BCUT2D eigenvalue weighted by molar-refractivity contribution is 7.95. The summed E-state index contributed by atoms with van der Waals surface area (Å²) >= 11 is 0.